The molecule has 1 saturated heterocycles. The summed E-state index contributed by atoms with van der Waals surface area (Å²) in [6.45, 7) is 7.64. The number of nitrogens with one attached hydrogen (secondary N) is 1. The molecular weight excluding hydrogens is 346 g/mol. The molecule has 138 valence electrons. The third-order valence-corrected chi connectivity index (χ3v) is 5.17. The van der Waals surface area contributed by atoms with Gasteiger partial charge in [-0.15, -0.1) is 0 Å². The molecule has 2 aromatic rings. The fourth-order valence-corrected chi connectivity index (χ4v) is 3.46. The number of hydrogen-bond donors (Lipinski definition) is 1. The van der Waals surface area contributed by atoms with E-state index in [9.17, 15) is 4.79 Å². The van der Waals surface area contributed by atoms with Crippen LogP contribution in [0.5, 0.6) is 0 Å². The van der Waals surface area contributed by atoms with E-state index in [4.69, 9.17) is 11.6 Å². The summed E-state index contributed by atoms with van der Waals surface area (Å²) in [5.41, 5.74) is 2.10. The van der Waals surface area contributed by atoms with Crippen LogP contribution in [0.2, 0.25) is 5.02 Å². The highest BCUT2D eigenvalue weighted by Crippen LogP contribution is 2.23. The van der Waals surface area contributed by atoms with Crippen LogP contribution in [0, 0.1) is 0 Å². The average Bonchev–Trinajstić information content (AvgIpc) is 2.68. The molecule has 3 rings (SSSR count). The SMILES string of the molecule is CCN1CCN(CC(=O)NC(c2ccccc2)c2ccc(Cl)cc2)CC1. The largest absolute Gasteiger partial charge is 0.344 e. The van der Waals surface area contributed by atoms with Gasteiger partial charge in [0, 0.05) is 31.2 Å². The van der Waals surface area contributed by atoms with Gasteiger partial charge in [0.2, 0.25) is 5.91 Å². The Morgan fingerprint density at radius 3 is 2.15 bits per heavy atom. The van der Waals surface area contributed by atoms with Crippen LogP contribution >= 0.6 is 11.6 Å². The van der Waals surface area contributed by atoms with Crippen molar-refractivity contribution in [1.29, 1.82) is 0 Å². The fraction of sp³-hybridized carbons (Fsp3) is 0.381. The van der Waals surface area contributed by atoms with Crippen molar-refractivity contribution in [3.05, 3.63) is 70.7 Å². The van der Waals surface area contributed by atoms with Crippen molar-refractivity contribution in [2.45, 2.75) is 13.0 Å². The number of halogens is 1. The first-order chi connectivity index (χ1) is 12.7. The Morgan fingerprint density at radius 2 is 1.54 bits per heavy atom. The molecule has 1 N–H and O–H groups in total. The standard InChI is InChI=1S/C21H26ClN3O/c1-2-24-12-14-25(15-13-24)16-20(26)23-21(17-6-4-3-5-7-17)18-8-10-19(22)11-9-18/h3-11,21H,2,12-16H2,1H3,(H,23,26). The van der Waals surface area contributed by atoms with Crippen molar-refractivity contribution in [1.82, 2.24) is 15.1 Å². The highest BCUT2D eigenvalue weighted by molar-refractivity contribution is 6.30. The summed E-state index contributed by atoms with van der Waals surface area (Å²) in [5.74, 6) is 0.0544. The van der Waals surface area contributed by atoms with Gasteiger partial charge in [-0.3, -0.25) is 9.69 Å². The zero-order chi connectivity index (χ0) is 18.4. The van der Waals surface area contributed by atoms with Crippen LogP contribution in [0.25, 0.3) is 0 Å². The number of likely N-dealkylation sites (N-methyl/N-ethyl adjacent to an activating group) is 1. The molecular formula is C21H26ClN3O. The molecule has 26 heavy (non-hydrogen) atoms. The van der Waals surface area contributed by atoms with Gasteiger partial charge < -0.3 is 10.2 Å². The number of carbonyl (C=O) groups excluding carboxylic acids is 1. The van der Waals surface area contributed by atoms with Crippen LogP contribution in [-0.2, 0) is 4.79 Å². The predicted octanol–water partition coefficient (Wildman–Crippen LogP) is 3.18. The summed E-state index contributed by atoms with van der Waals surface area (Å²) in [7, 11) is 0. The molecule has 0 bridgehead atoms. The Labute approximate surface area is 160 Å². The van der Waals surface area contributed by atoms with Gasteiger partial charge in [-0.1, -0.05) is 61.0 Å². The number of nitrogens with zero attached hydrogens (tertiary/aromatic N) is 2. The van der Waals surface area contributed by atoms with Crippen LogP contribution in [0.15, 0.2) is 54.6 Å². The molecule has 1 atom stereocenters. The zero-order valence-electron chi connectivity index (χ0n) is 15.2. The summed E-state index contributed by atoms with van der Waals surface area (Å²) in [6, 6.07) is 17.6. The van der Waals surface area contributed by atoms with E-state index in [0.29, 0.717) is 11.6 Å². The van der Waals surface area contributed by atoms with E-state index in [2.05, 4.69) is 22.0 Å². The van der Waals surface area contributed by atoms with Gasteiger partial charge in [-0.25, -0.2) is 0 Å². The molecule has 1 fully saturated rings. The Morgan fingerprint density at radius 1 is 0.962 bits per heavy atom. The Bertz CT molecular complexity index is 697. The summed E-state index contributed by atoms with van der Waals surface area (Å²) < 4.78 is 0. The van der Waals surface area contributed by atoms with Crippen LogP contribution in [-0.4, -0.2) is 55.0 Å². The second kappa shape index (κ2) is 9.17. The van der Waals surface area contributed by atoms with E-state index in [-0.39, 0.29) is 11.9 Å². The highest BCUT2D eigenvalue weighted by Gasteiger charge is 2.21. The maximum atomic E-state index is 12.7. The van der Waals surface area contributed by atoms with E-state index < -0.39 is 0 Å². The van der Waals surface area contributed by atoms with Crippen molar-refractivity contribution >= 4 is 17.5 Å². The van der Waals surface area contributed by atoms with E-state index >= 15 is 0 Å². The molecule has 0 spiro atoms. The average molecular weight is 372 g/mol. The van der Waals surface area contributed by atoms with Crippen LogP contribution < -0.4 is 5.32 Å². The molecule has 0 aliphatic carbocycles. The van der Waals surface area contributed by atoms with Crippen LogP contribution in [0.4, 0.5) is 0 Å². The molecule has 0 saturated carbocycles. The summed E-state index contributed by atoms with van der Waals surface area (Å²) >= 11 is 6.02. The topological polar surface area (TPSA) is 35.6 Å². The van der Waals surface area contributed by atoms with Gasteiger partial charge >= 0.3 is 0 Å². The van der Waals surface area contributed by atoms with Crippen molar-refractivity contribution < 1.29 is 4.79 Å². The number of hydrogen-bond acceptors (Lipinski definition) is 3. The maximum absolute atomic E-state index is 12.7. The Kier molecular flexibility index (Phi) is 6.67. The van der Waals surface area contributed by atoms with Gasteiger partial charge in [0.05, 0.1) is 12.6 Å². The normalized spacial score (nSPS) is 17.0. The lowest BCUT2D eigenvalue weighted by atomic mass is 9.98. The number of rotatable bonds is 6. The Hall–Kier alpha value is -1.88. The van der Waals surface area contributed by atoms with Crippen molar-refractivity contribution in [2.24, 2.45) is 0 Å². The van der Waals surface area contributed by atoms with E-state index in [0.717, 1.165) is 43.9 Å². The maximum Gasteiger partial charge on any atom is 0.234 e. The third kappa shape index (κ3) is 5.07. The molecule has 1 heterocycles. The van der Waals surface area contributed by atoms with E-state index in [1.807, 2.05) is 54.6 Å². The van der Waals surface area contributed by atoms with Crippen molar-refractivity contribution in [2.75, 3.05) is 39.3 Å². The monoisotopic (exact) mass is 371 g/mol. The molecule has 1 aliphatic heterocycles. The number of piperazine rings is 1. The van der Waals surface area contributed by atoms with Gasteiger partial charge in [0.25, 0.3) is 0 Å². The molecule has 1 aliphatic rings. The molecule has 5 heteroatoms. The number of carbonyl (C=O) groups is 1. The molecule has 1 unspecified atom stereocenters. The van der Waals surface area contributed by atoms with E-state index in [1.54, 1.807) is 0 Å². The predicted molar refractivity (Wildman–Crippen MR) is 106 cm³/mol. The lowest BCUT2D eigenvalue weighted by Gasteiger charge is -2.33. The molecule has 2 aromatic carbocycles. The lowest BCUT2D eigenvalue weighted by molar-refractivity contribution is -0.123. The van der Waals surface area contributed by atoms with Gasteiger partial charge in [0.1, 0.15) is 0 Å². The van der Waals surface area contributed by atoms with Gasteiger partial charge in [-0.05, 0) is 29.8 Å². The fourth-order valence-electron chi connectivity index (χ4n) is 3.33. The van der Waals surface area contributed by atoms with Gasteiger partial charge in [-0.2, -0.15) is 0 Å². The number of amides is 1. The zero-order valence-corrected chi connectivity index (χ0v) is 16.0. The molecule has 1 amide bonds. The summed E-state index contributed by atoms with van der Waals surface area (Å²) in [5, 5.41) is 3.90. The van der Waals surface area contributed by atoms with Gasteiger partial charge in [0.15, 0.2) is 0 Å². The minimum atomic E-state index is -0.169. The smallest absolute Gasteiger partial charge is 0.234 e. The minimum absolute atomic E-state index is 0.0544. The third-order valence-electron chi connectivity index (χ3n) is 4.92. The number of benzene rings is 2. The molecule has 0 radical (unpaired) electrons. The van der Waals surface area contributed by atoms with Crippen LogP contribution in [0.1, 0.15) is 24.1 Å². The first-order valence-corrected chi connectivity index (χ1v) is 9.58. The Balaban J connectivity index is 1.68. The van der Waals surface area contributed by atoms with Crippen molar-refractivity contribution in [3.63, 3.8) is 0 Å². The van der Waals surface area contributed by atoms with E-state index in [1.165, 1.54) is 0 Å². The summed E-state index contributed by atoms with van der Waals surface area (Å²) in [4.78, 5) is 17.3. The first kappa shape index (κ1) is 18.9. The van der Waals surface area contributed by atoms with Crippen molar-refractivity contribution in [3.8, 4) is 0 Å². The molecule has 4 nitrogen and oxygen atoms in total. The second-order valence-corrected chi connectivity index (χ2v) is 7.11. The van der Waals surface area contributed by atoms with Crippen LogP contribution in [0.3, 0.4) is 0 Å². The molecule has 0 aromatic heterocycles. The lowest BCUT2D eigenvalue weighted by Crippen LogP contribution is -2.49. The summed E-state index contributed by atoms with van der Waals surface area (Å²) in [6.07, 6.45) is 0. The first-order valence-electron chi connectivity index (χ1n) is 9.20. The highest BCUT2D eigenvalue weighted by atomic mass is 35.5. The quantitative estimate of drug-likeness (QED) is 0.847. The minimum Gasteiger partial charge on any atom is -0.344 e. The second-order valence-electron chi connectivity index (χ2n) is 6.67.